The maximum absolute atomic E-state index is 13.9. The Morgan fingerprint density at radius 3 is 3.00 bits per heavy atom. The van der Waals surface area contributed by atoms with Crippen LogP contribution < -0.4 is 5.73 Å². The summed E-state index contributed by atoms with van der Waals surface area (Å²) in [4.78, 5) is 15.1. The van der Waals surface area contributed by atoms with Crippen LogP contribution in [0.1, 0.15) is 21.7 Å². The molecule has 0 spiro atoms. The van der Waals surface area contributed by atoms with E-state index in [1.54, 1.807) is 6.07 Å². The average molecular weight is 292 g/mol. The number of hydrogen-bond donors (Lipinski definition) is 1. The molecule has 1 aliphatic rings. The highest BCUT2D eigenvalue weighted by atomic mass is 32.1. The molecule has 0 radical (unpaired) electrons. The van der Waals surface area contributed by atoms with Gasteiger partial charge in [-0.15, -0.1) is 11.3 Å². The van der Waals surface area contributed by atoms with E-state index in [4.69, 9.17) is 5.73 Å². The summed E-state index contributed by atoms with van der Waals surface area (Å²) < 4.78 is 14.7. The van der Waals surface area contributed by atoms with Crippen molar-refractivity contribution in [2.24, 2.45) is 11.7 Å². The molecule has 1 saturated heterocycles. The van der Waals surface area contributed by atoms with Crippen molar-refractivity contribution < 1.29 is 9.18 Å². The molecular formula is C15H17FN2OS. The lowest BCUT2D eigenvalue weighted by molar-refractivity contribution is 0.0792. The van der Waals surface area contributed by atoms with Crippen molar-refractivity contribution in [1.82, 2.24) is 4.90 Å². The van der Waals surface area contributed by atoms with Crippen LogP contribution in [-0.4, -0.2) is 30.4 Å². The van der Waals surface area contributed by atoms with Crippen molar-refractivity contribution in [3.8, 4) is 0 Å². The maximum atomic E-state index is 13.9. The number of likely N-dealkylation sites (tertiary alicyclic amines) is 1. The van der Waals surface area contributed by atoms with E-state index in [1.165, 1.54) is 17.4 Å². The summed E-state index contributed by atoms with van der Waals surface area (Å²) in [7, 11) is 0. The molecule has 1 aromatic heterocycles. The molecule has 1 aromatic carbocycles. The van der Waals surface area contributed by atoms with Gasteiger partial charge in [0.25, 0.3) is 5.91 Å². The van der Waals surface area contributed by atoms with E-state index in [9.17, 15) is 9.18 Å². The quantitative estimate of drug-likeness (QED) is 0.925. The summed E-state index contributed by atoms with van der Waals surface area (Å²) in [6, 6.07) is 4.98. The number of amides is 1. The fraction of sp³-hybridized carbons (Fsp3) is 0.400. The molecule has 1 atom stereocenters. The summed E-state index contributed by atoms with van der Waals surface area (Å²) in [6.45, 7) is 3.90. The highest BCUT2D eigenvalue weighted by Gasteiger charge is 2.28. The van der Waals surface area contributed by atoms with E-state index in [-0.39, 0.29) is 11.7 Å². The number of rotatable bonds is 2. The molecule has 0 bridgehead atoms. The highest BCUT2D eigenvalue weighted by molar-refractivity contribution is 7.21. The minimum Gasteiger partial charge on any atom is -0.338 e. The molecular weight excluding hydrogens is 275 g/mol. The smallest absolute Gasteiger partial charge is 0.264 e. The molecule has 0 saturated carbocycles. The van der Waals surface area contributed by atoms with Gasteiger partial charge in [0.05, 0.1) is 4.88 Å². The van der Waals surface area contributed by atoms with Gasteiger partial charge in [-0.3, -0.25) is 4.79 Å². The molecule has 3 nitrogen and oxygen atoms in total. The Balaban J connectivity index is 1.96. The van der Waals surface area contributed by atoms with E-state index < -0.39 is 0 Å². The predicted molar refractivity (Wildman–Crippen MR) is 79.6 cm³/mol. The second-order valence-corrected chi connectivity index (χ2v) is 6.36. The van der Waals surface area contributed by atoms with Crippen LogP contribution in [0.3, 0.4) is 0 Å². The lowest BCUT2D eigenvalue weighted by atomic mass is 10.1. The Labute approximate surface area is 121 Å². The van der Waals surface area contributed by atoms with Crippen molar-refractivity contribution in [2.45, 2.75) is 13.3 Å². The zero-order chi connectivity index (χ0) is 14.3. The molecule has 20 heavy (non-hydrogen) atoms. The lowest BCUT2D eigenvalue weighted by Crippen LogP contribution is -2.29. The molecule has 5 heteroatoms. The number of carbonyl (C=O) groups excluding carboxylic acids is 1. The first-order chi connectivity index (χ1) is 9.61. The normalized spacial score (nSPS) is 18.9. The number of halogens is 1. The molecule has 2 heterocycles. The third-order valence-corrected chi connectivity index (χ3v) is 5.25. The number of fused-ring (bicyclic) bond motifs is 1. The molecule has 1 fully saturated rings. The van der Waals surface area contributed by atoms with Crippen molar-refractivity contribution in [3.63, 3.8) is 0 Å². The predicted octanol–water partition coefficient (Wildman–Crippen LogP) is 2.77. The summed E-state index contributed by atoms with van der Waals surface area (Å²) in [5, 5.41) is 0.579. The van der Waals surface area contributed by atoms with Crippen LogP contribution in [0.2, 0.25) is 0 Å². The van der Waals surface area contributed by atoms with Gasteiger partial charge in [0.1, 0.15) is 5.82 Å². The van der Waals surface area contributed by atoms with Crippen LogP contribution >= 0.6 is 11.3 Å². The molecule has 2 aromatic rings. The number of carbonyl (C=O) groups is 1. The number of nitrogens with two attached hydrogens (primary N) is 1. The van der Waals surface area contributed by atoms with Crippen molar-refractivity contribution >= 4 is 27.3 Å². The number of thiophene rings is 1. The number of aryl methyl sites for hydroxylation is 1. The molecule has 0 aliphatic carbocycles. The fourth-order valence-electron chi connectivity index (χ4n) is 2.81. The van der Waals surface area contributed by atoms with E-state index in [1.807, 2.05) is 17.9 Å². The second-order valence-electron chi connectivity index (χ2n) is 5.31. The SMILES string of the molecule is Cc1c(C(=O)N2CC[C@H](CN)C2)sc2cccc(F)c12. The van der Waals surface area contributed by atoms with Gasteiger partial charge in [0.15, 0.2) is 0 Å². The summed E-state index contributed by atoms with van der Waals surface area (Å²) >= 11 is 1.38. The van der Waals surface area contributed by atoms with Crippen molar-refractivity contribution in [1.29, 1.82) is 0 Å². The number of hydrogen-bond acceptors (Lipinski definition) is 3. The van der Waals surface area contributed by atoms with Gasteiger partial charge in [0.2, 0.25) is 0 Å². The Kier molecular flexibility index (Phi) is 3.48. The molecule has 106 valence electrons. The lowest BCUT2D eigenvalue weighted by Gasteiger charge is -2.15. The average Bonchev–Trinajstić information content (AvgIpc) is 3.04. The summed E-state index contributed by atoms with van der Waals surface area (Å²) in [6.07, 6.45) is 0.959. The third kappa shape index (κ3) is 2.11. The standard InChI is InChI=1S/C15H17FN2OS/c1-9-13-11(16)3-2-4-12(13)20-14(9)15(19)18-6-5-10(7-17)8-18/h2-4,10H,5-8,17H2,1H3/t10-/m1/s1. The van der Waals surface area contributed by atoms with Gasteiger partial charge >= 0.3 is 0 Å². The Morgan fingerprint density at radius 1 is 1.55 bits per heavy atom. The molecule has 2 N–H and O–H groups in total. The van der Waals surface area contributed by atoms with Crippen molar-refractivity contribution in [3.05, 3.63) is 34.5 Å². The van der Waals surface area contributed by atoms with Crippen LogP contribution in [0.5, 0.6) is 0 Å². The fourth-order valence-corrected chi connectivity index (χ4v) is 4.00. The summed E-state index contributed by atoms with van der Waals surface area (Å²) in [5.41, 5.74) is 6.41. The first-order valence-corrected chi connectivity index (χ1v) is 7.60. The van der Waals surface area contributed by atoms with Gasteiger partial charge in [0, 0.05) is 23.2 Å². The van der Waals surface area contributed by atoms with Gasteiger partial charge in [-0.1, -0.05) is 6.07 Å². The first kappa shape index (κ1) is 13.5. The molecule has 3 rings (SSSR count). The number of nitrogens with zero attached hydrogens (tertiary/aromatic N) is 1. The highest BCUT2D eigenvalue weighted by Crippen LogP contribution is 2.34. The van der Waals surface area contributed by atoms with Crippen LogP contribution in [0.25, 0.3) is 10.1 Å². The van der Waals surface area contributed by atoms with Gasteiger partial charge < -0.3 is 10.6 Å². The topological polar surface area (TPSA) is 46.3 Å². The van der Waals surface area contributed by atoms with Crippen molar-refractivity contribution in [2.75, 3.05) is 19.6 Å². The minimum atomic E-state index is -0.253. The number of benzene rings is 1. The zero-order valence-corrected chi connectivity index (χ0v) is 12.2. The first-order valence-electron chi connectivity index (χ1n) is 6.78. The molecule has 1 amide bonds. The van der Waals surface area contributed by atoms with Crippen LogP contribution in [0.4, 0.5) is 4.39 Å². The third-order valence-electron chi connectivity index (χ3n) is 4.00. The monoisotopic (exact) mass is 292 g/mol. The van der Waals surface area contributed by atoms with Crippen LogP contribution in [-0.2, 0) is 0 Å². The maximum Gasteiger partial charge on any atom is 0.264 e. The molecule has 0 unspecified atom stereocenters. The van der Waals surface area contributed by atoms with E-state index in [0.717, 1.165) is 23.2 Å². The largest absolute Gasteiger partial charge is 0.338 e. The van der Waals surface area contributed by atoms with Crippen LogP contribution in [0.15, 0.2) is 18.2 Å². The second kappa shape index (κ2) is 5.14. The van der Waals surface area contributed by atoms with Gasteiger partial charge in [-0.25, -0.2) is 4.39 Å². The van der Waals surface area contributed by atoms with Crippen LogP contribution in [0, 0.1) is 18.7 Å². The Morgan fingerprint density at radius 2 is 2.35 bits per heavy atom. The van der Waals surface area contributed by atoms with E-state index in [2.05, 4.69) is 0 Å². The van der Waals surface area contributed by atoms with Gasteiger partial charge in [-0.2, -0.15) is 0 Å². The van der Waals surface area contributed by atoms with Gasteiger partial charge in [-0.05, 0) is 43.5 Å². The van der Waals surface area contributed by atoms with E-state index >= 15 is 0 Å². The Bertz CT molecular complexity index is 667. The zero-order valence-electron chi connectivity index (χ0n) is 11.4. The minimum absolute atomic E-state index is 0.0130. The Hall–Kier alpha value is -1.46. The molecule has 1 aliphatic heterocycles. The van der Waals surface area contributed by atoms with E-state index in [0.29, 0.717) is 29.3 Å². The summed E-state index contributed by atoms with van der Waals surface area (Å²) in [5.74, 6) is 0.154.